The number of benzene rings is 1. The third-order valence-electron chi connectivity index (χ3n) is 5.12. The van der Waals surface area contributed by atoms with Gasteiger partial charge in [-0.1, -0.05) is 24.3 Å². The average Bonchev–Trinajstić information content (AvgIpc) is 3.44. The minimum Gasteiger partial charge on any atom is -0.354 e. The fraction of sp³-hybridized carbons (Fsp3) is 0.368. The van der Waals surface area contributed by atoms with Crippen molar-refractivity contribution in [3.05, 3.63) is 58.6 Å². The topological polar surface area (TPSA) is 63.9 Å². The largest absolute Gasteiger partial charge is 0.354 e. The Hall–Kier alpha value is -2.76. The molecule has 0 bridgehead atoms. The van der Waals surface area contributed by atoms with E-state index < -0.39 is 0 Å². The van der Waals surface area contributed by atoms with Crippen molar-refractivity contribution >= 4 is 16.6 Å². The molecule has 3 aromatic rings. The summed E-state index contributed by atoms with van der Waals surface area (Å²) in [5.41, 5.74) is 1.06. The third-order valence-corrected chi connectivity index (χ3v) is 5.12. The predicted molar refractivity (Wildman–Crippen MR) is 95.7 cm³/mol. The lowest BCUT2D eigenvalue weighted by molar-refractivity contribution is 0.331. The van der Waals surface area contributed by atoms with Gasteiger partial charge in [-0.15, -0.1) is 5.10 Å². The molecule has 0 radical (unpaired) electrons. The standard InChI is InChI=1S/C19H19N5O/c25-18-8-7-17(14-5-6-14)22-24(18)12-13-10-23(11-13)19-16-4-2-1-3-15(16)9-20-21-19/h1-4,7-9,13-14H,5-6,10-12H2. The molecule has 0 N–H and O–H groups in total. The molecule has 2 aliphatic rings. The van der Waals surface area contributed by atoms with Crippen LogP contribution >= 0.6 is 0 Å². The molecule has 2 aromatic heterocycles. The van der Waals surface area contributed by atoms with Gasteiger partial charge in [0.15, 0.2) is 5.82 Å². The highest BCUT2D eigenvalue weighted by Gasteiger charge is 2.31. The number of anilines is 1. The summed E-state index contributed by atoms with van der Waals surface area (Å²) in [6.07, 6.45) is 4.19. The zero-order chi connectivity index (χ0) is 16.8. The molecule has 2 fully saturated rings. The molecule has 25 heavy (non-hydrogen) atoms. The van der Waals surface area contributed by atoms with Crippen molar-refractivity contribution in [3.63, 3.8) is 0 Å². The molecular formula is C19H19N5O. The van der Waals surface area contributed by atoms with Crippen molar-refractivity contribution in [1.29, 1.82) is 0 Å². The molecule has 5 rings (SSSR count). The van der Waals surface area contributed by atoms with E-state index in [2.05, 4.69) is 32.3 Å². The van der Waals surface area contributed by atoms with Gasteiger partial charge in [0, 0.05) is 41.8 Å². The van der Waals surface area contributed by atoms with Crippen LogP contribution in [0.1, 0.15) is 24.5 Å². The fourth-order valence-corrected chi connectivity index (χ4v) is 3.54. The van der Waals surface area contributed by atoms with Gasteiger partial charge in [-0.2, -0.15) is 10.2 Å². The van der Waals surface area contributed by atoms with E-state index >= 15 is 0 Å². The molecule has 3 heterocycles. The number of rotatable bonds is 4. The van der Waals surface area contributed by atoms with Gasteiger partial charge in [0.1, 0.15) is 0 Å². The van der Waals surface area contributed by atoms with E-state index in [1.807, 2.05) is 18.2 Å². The van der Waals surface area contributed by atoms with Crippen molar-refractivity contribution in [2.75, 3.05) is 18.0 Å². The molecule has 6 heteroatoms. The smallest absolute Gasteiger partial charge is 0.266 e. The number of nitrogens with zero attached hydrogens (tertiary/aromatic N) is 5. The summed E-state index contributed by atoms with van der Waals surface area (Å²) in [6, 6.07) is 11.7. The maximum absolute atomic E-state index is 12.1. The molecule has 1 aliphatic carbocycles. The fourth-order valence-electron chi connectivity index (χ4n) is 3.54. The minimum absolute atomic E-state index is 0.00666. The van der Waals surface area contributed by atoms with Crippen LogP contribution in [0, 0.1) is 5.92 Å². The van der Waals surface area contributed by atoms with Crippen molar-refractivity contribution < 1.29 is 0 Å². The summed E-state index contributed by atoms with van der Waals surface area (Å²) in [7, 11) is 0. The summed E-state index contributed by atoms with van der Waals surface area (Å²) in [5.74, 6) is 1.91. The lowest BCUT2D eigenvalue weighted by Crippen LogP contribution is -2.50. The van der Waals surface area contributed by atoms with Gasteiger partial charge in [-0.3, -0.25) is 4.79 Å². The maximum Gasteiger partial charge on any atom is 0.266 e. The highest BCUT2D eigenvalue weighted by atomic mass is 16.1. The average molecular weight is 333 g/mol. The Morgan fingerprint density at radius 3 is 2.76 bits per heavy atom. The van der Waals surface area contributed by atoms with Crippen LogP contribution in [0.5, 0.6) is 0 Å². The zero-order valence-corrected chi connectivity index (χ0v) is 13.9. The Kier molecular flexibility index (Phi) is 3.29. The van der Waals surface area contributed by atoms with Crippen molar-refractivity contribution in [3.8, 4) is 0 Å². The molecule has 1 aliphatic heterocycles. The number of hydrogen-bond donors (Lipinski definition) is 0. The number of hydrogen-bond acceptors (Lipinski definition) is 5. The van der Waals surface area contributed by atoms with E-state index in [0.717, 1.165) is 35.4 Å². The zero-order valence-electron chi connectivity index (χ0n) is 13.9. The van der Waals surface area contributed by atoms with Crippen LogP contribution < -0.4 is 10.5 Å². The quantitative estimate of drug-likeness (QED) is 0.732. The first-order valence-corrected chi connectivity index (χ1v) is 8.81. The normalized spacial score (nSPS) is 17.7. The molecule has 126 valence electrons. The highest BCUT2D eigenvalue weighted by molar-refractivity contribution is 5.91. The van der Waals surface area contributed by atoms with Crippen LogP contribution in [0.4, 0.5) is 5.82 Å². The predicted octanol–water partition coefficient (Wildman–Crippen LogP) is 2.20. The van der Waals surface area contributed by atoms with E-state index in [1.165, 1.54) is 12.8 Å². The van der Waals surface area contributed by atoms with Crippen molar-refractivity contribution in [2.45, 2.75) is 25.3 Å². The van der Waals surface area contributed by atoms with Gasteiger partial charge in [0.05, 0.1) is 18.4 Å². The Morgan fingerprint density at radius 1 is 1.08 bits per heavy atom. The van der Waals surface area contributed by atoms with Crippen molar-refractivity contribution in [2.24, 2.45) is 5.92 Å². The van der Waals surface area contributed by atoms with E-state index in [1.54, 1.807) is 16.9 Å². The summed E-state index contributed by atoms with van der Waals surface area (Å²) in [4.78, 5) is 14.3. The van der Waals surface area contributed by atoms with Gasteiger partial charge in [-0.25, -0.2) is 4.68 Å². The first-order valence-electron chi connectivity index (χ1n) is 8.81. The monoisotopic (exact) mass is 333 g/mol. The van der Waals surface area contributed by atoms with Crippen molar-refractivity contribution in [1.82, 2.24) is 20.0 Å². The van der Waals surface area contributed by atoms with E-state index in [-0.39, 0.29) is 5.56 Å². The lowest BCUT2D eigenvalue weighted by Gasteiger charge is -2.40. The van der Waals surface area contributed by atoms with Gasteiger partial charge < -0.3 is 4.90 Å². The molecule has 1 saturated heterocycles. The van der Waals surface area contributed by atoms with Crippen LogP contribution in [-0.2, 0) is 6.54 Å². The van der Waals surface area contributed by atoms with Crippen LogP contribution in [0.15, 0.2) is 47.4 Å². The first-order chi connectivity index (χ1) is 12.3. The van der Waals surface area contributed by atoms with Gasteiger partial charge in [0.25, 0.3) is 5.56 Å². The van der Waals surface area contributed by atoms with E-state index in [0.29, 0.717) is 18.4 Å². The molecule has 1 saturated carbocycles. The number of aromatic nitrogens is 4. The number of fused-ring (bicyclic) bond motifs is 1. The van der Waals surface area contributed by atoms with E-state index in [4.69, 9.17) is 0 Å². The lowest BCUT2D eigenvalue weighted by atomic mass is 9.99. The summed E-state index contributed by atoms with van der Waals surface area (Å²) in [5, 5.41) is 15.2. The molecule has 0 spiro atoms. The molecule has 6 nitrogen and oxygen atoms in total. The SMILES string of the molecule is O=c1ccc(C2CC2)nn1CC1CN(c2nncc3ccccc23)C1. The summed E-state index contributed by atoms with van der Waals surface area (Å²) in [6.45, 7) is 2.43. The molecule has 1 aromatic carbocycles. The minimum atomic E-state index is -0.00666. The van der Waals surface area contributed by atoms with Gasteiger partial charge in [-0.05, 0) is 18.9 Å². The Labute approximate surface area is 145 Å². The summed E-state index contributed by atoms with van der Waals surface area (Å²) >= 11 is 0. The Morgan fingerprint density at radius 2 is 1.92 bits per heavy atom. The first kappa shape index (κ1) is 14.6. The van der Waals surface area contributed by atoms with Crippen LogP contribution in [0.2, 0.25) is 0 Å². The Bertz CT molecular complexity index is 983. The Balaban J connectivity index is 1.32. The van der Waals surface area contributed by atoms with E-state index in [9.17, 15) is 4.79 Å². The molecule has 0 atom stereocenters. The van der Waals surface area contributed by atoms with Gasteiger partial charge >= 0.3 is 0 Å². The van der Waals surface area contributed by atoms with Gasteiger partial charge in [0.2, 0.25) is 0 Å². The molecule has 0 amide bonds. The second-order valence-electron chi connectivity index (χ2n) is 7.08. The highest BCUT2D eigenvalue weighted by Crippen LogP contribution is 2.38. The maximum atomic E-state index is 12.1. The molecule has 0 unspecified atom stereocenters. The van der Waals surface area contributed by atoms with Crippen LogP contribution in [0.3, 0.4) is 0 Å². The molecular weight excluding hydrogens is 314 g/mol. The summed E-state index contributed by atoms with van der Waals surface area (Å²) < 4.78 is 1.64. The third kappa shape index (κ3) is 2.67. The van der Waals surface area contributed by atoms with Crippen LogP contribution in [-0.4, -0.2) is 33.1 Å². The second kappa shape index (κ2) is 5.65. The van der Waals surface area contributed by atoms with Crippen LogP contribution in [0.25, 0.3) is 10.8 Å². The second-order valence-corrected chi connectivity index (χ2v) is 7.08.